The molecular formula is C27H31FN4O3S. The summed E-state index contributed by atoms with van der Waals surface area (Å²) in [7, 11) is -3.13. The maximum atomic E-state index is 14.9. The number of rotatable bonds is 5. The molecule has 0 bridgehead atoms. The summed E-state index contributed by atoms with van der Waals surface area (Å²) in [6, 6.07) is 13.6. The standard InChI is InChI=1S/C27H31FN4O3S/c1-36(33,34)31-15-11-22(12-16-31)35-21-7-5-20(6-8-21)30-13-9-19(10-14-30)27-26-23(3-2-4-24(26)28)25-17-29-18-32(25)27/h2-8,17-19,22,27H,9-16H2,1H3. The Balaban J connectivity index is 1.07. The summed E-state index contributed by atoms with van der Waals surface area (Å²) in [5.41, 5.74) is 3.96. The monoisotopic (exact) mass is 510 g/mol. The predicted molar refractivity (Wildman–Crippen MR) is 137 cm³/mol. The van der Waals surface area contributed by atoms with E-state index in [4.69, 9.17) is 4.74 Å². The number of imidazole rings is 1. The molecule has 3 aliphatic rings. The summed E-state index contributed by atoms with van der Waals surface area (Å²) >= 11 is 0. The second-order valence-corrected chi connectivity index (χ2v) is 12.1. The van der Waals surface area contributed by atoms with Gasteiger partial charge in [0, 0.05) is 43.0 Å². The fraction of sp³-hybridized carbons (Fsp3) is 0.444. The van der Waals surface area contributed by atoms with Crippen molar-refractivity contribution in [3.8, 4) is 17.0 Å². The fourth-order valence-corrected chi connectivity index (χ4v) is 6.95. The minimum atomic E-state index is -3.13. The van der Waals surface area contributed by atoms with Crippen LogP contribution >= 0.6 is 0 Å². The molecule has 3 aliphatic heterocycles. The van der Waals surface area contributed by atoms with Crippen molar-refractivity contribution in [1.82, 2.24) is 13.9 Å². The first-order valence-corrected chi connectivity index (χ1v) is 14.5. The molecule has 6 rings (SSSR count). The van der Waals surface area contributed by atoms with Crippen LogP contribution in [0.1, 0.15) is 37.3 Å². The second kappa shape index (κ2) is 9.19. The van der Waals surface area contributed by atoms with E-state index in [0.717, 1.165) is 54.2 Å². The molecule has 7 nitrogen and oxygen atoms in total. The van der Waals surface area contributed by atoms with Crippen molar-refractivity contribution in [3.63, 3.8) is 0 Å². The maximum absolute atomic E-state index is 14.9. The number of hydrogen-bond donors (Lipinski definition) is 0. The average molecular weight is 511 g/mol. The highest BCUT2D eigenvalue weighted by Crippen LogP contribution is 2.47. The van der Waals surface area contributed by atoms with Crippen LogP contribution < -0.4 is 9.64 Å². The number of anilines is 1. The van der Waals surface area contributed by atoms with E-state index < -0.39 is 10.0 Å². The molecule has 0 radical (unpaired) electrons. The first-order chi connectivity index (χ1) is 17.4. The number of benzene rings is 2. The smallest absolute Gasteiger partial charge is 0.211 e. The lowest BCUT2D eigenvalue weighted by Crippen LogP contribution is -2.41. The van der Waals surface area contributed by atoms with E-state index in [-0.39, 0.29) is 18.0 Å². The molecule has 2 fully saturated rings. The number of hydrogen-bond acceptors (Lipinski definition) is 5. The minimum Gasteiger partial charge on any atom is -0.490 e. The van der Waals surface area contributed by atoms with Crippen LogP contribution in [-0.2, 0) is 10.0 Å². The summed E-state index contributed by atoms with van der Waals surface area (Å²) in [6.07, 6.45) is 8.34. The highest BCUT2D eigenvalue weighted by atomic mass is 32.2. The van der Waals surface area contributed by atoms with Crippen molar-refractivity contribution < 1.29 is 17.5 Å². The van der Waals surface area contributed by atoms with Gasteiger partial charge >= 0.3 is 0 Å². The van der Waals surface area contributed by atoms with Gasteiger partial charge in [-0.25, -0.2) is 22.1 Å². The molecule has 0 N–H and O–H groups in total. The second-order valence-electron chi connectivity index (χ2n) is 10.1. The normalized spacial score (nSPS) is 21.4. The first kappa shape index (κ1) is 23.5. The fourth-order valence-electron chi connectivity index (χ4n) is 6.08. The van der Waals surface area contributed by atoms with Crippen LogP contribution in [-0.4, -0.2) is 60.8 Å². The topological polar surface area (TPSA) is 67.7 Å². The van der Waals surface area contributed by atoms with Gasteiger partial charge in [0.05, 0.1) is 30.5 Å². The van der Waals surface area contributed by atoms with Gasteiger partial charge in [-0.05, 0) is 61.9 Å². The van der Waals surface area contributed by atoms with Crippen LogP contribution in [0.5, 0.6) is 5.75 Å². The molecule has 9 heteroatoms. The molecule has 4 heterocycles. The number of fused-ring (bicyclic) bond motifs is 3. The van der Waals surface area contributed by atoms with E-state index in [2.05, 4.69) is 26.6 Å². The van der Waals surface area contributed by atoms with Gasteiger partial charge in [-0.15, -0.1) is 0 Å². The molecule has 190 valence electrons. The summed E-state index contributed by atoms with van der Waals surface area (Å²) < 4.78 is 48.1. The largest absolute Gasteiger partial charge is 0.490 e. The summed E-state index contributed by atoms with van der Waals surface area (Å²) in [5.74, 6) is 1.05. The van der Waals surface area contributed by atoms with Gasteiger partial charge in [0.2, 0.25) is 10.0 Å². The molecule has 0 saturated carbocycles. The Morgan fingerprint density at radius 1 is 0.972 bits per heavy atom. The highest BCUT2D eigenvalue weighted by molar-refractivity contribution is 7.88. The molecule has 2 aromatic carbocycles. The van der Waals surface area contributed by atoms with Crippen LogP contribution in [0.4, 0.5) is 10.1 Å². The van der Waals surface area contributed by atoms with E-state index in [1.54, 1.807) is 12.1 Å². The lowest BCUT2D eigenvalue weighted by molar-refractivity contribution is 0.135. The van der Waals surface area contributed by atoms with E-state index in [9.17, 15) is 12.8 Å². The van der Waals surface area contributed by atoms with Crippen LogP contribution in [0.15, 0.2) is 55.0 Å². The lowest BCUT2D eigenvalue weighted by Gasteiger charge is -2.37. The van der Waals surface area contributed by atoms with Crippen molar-refractivity contribution in [3.05, 3.63) is 66.4 Å². The van der Waals surface area contributed by atoms with E-state index in [0.29, 0.717) is 31.8 Å². The third kappa shape index (κ3) is 4.28. The highest BCUT2D eigenvalue weighted by Gasteiger charge is 2.38. The van der Waals surface area contributed by atoms with Crippen molar-refractivity contribution in [2.45, 2.75) is 37.8 Å². The van der Waals surface area contributed by atoms with Gasteiger partial charge in [0.1, 0.15) is 17.7 Å². The first-order valence-electron chi connectivity index (χ1n) is 12.7. The molecule has 3 aromatic rings. The molecular weight excluding hydrogens is 479 g/mol. The van der Waals surface area contributed by atoms with Crippen LogP contribution in [0, 0.1) is 11.7 Å². The van der Waals surface area contributed by atoms with Gasteiger partial charge in [0.25, 0.3) is 0 Å². The number of piperidine rings is 2. The number of aromatic nitrogens is 2. The number of sulfonamides is 1. The average Bonchev–Trinajstić information content (AvgIpc) is 3.47. The van der Waals surface area contributed by atoms with Crippen molar-refractivity contribution in [2.75, 3.05) is 37.3 Å². The number of halogens is 1. The molecule has 0 aliphatic carbocycles. The molecule has 1 unspecified atom stereocenters. The molecule has 0 amide bonds. The Morgan fingerprint density at radius 3 is 2.39 bits per heavy atom. The Kier molecular flexibility index (Phi) is 6.00. The van der Waals surface area contributed by atoms with E-state index in [1.165, 1.54) is 10.6 Å². The van der Waals surface area contributed by atoms with Crippen molar-refractivity contribution in [2.24, 2.45) is 5.92 Å². The molecule has 36 heavy (non-hydrogen) atoms. The molecule has 2 saturated heterocycles. The van der Waals surface area contributed by atoms with Crippen molar-refractivity contribution >= 4 is 15.7 Å². The Morgan fingerprint density at radius 2 is 1.69 bits per heavy atom. The third-order valence-corrected chi connectivity index (χ3v) is 9.25. The predicted octanol–water partition coefficient (Wildman–Crippen LogP) is 4.31. The quantitative estimate of drug-likeness (QED) is 0.512. The Hall–Kier alpha value is -2.91. The van der Waals surface area contributed by atoms with E-state index >= 15 is 0 Å². The zero-order valence-electron chi connectivity index (χ0n) is 20.4. The zero-order valence-corrected chi connectivity index (χ0v) is 21.2. The summed E-state index contributed by atoms with van der Waals surface area (Å²) in [4.78, 5) is 6.72. The lowest BCUT2D eigenvalue weighted by atomic mass is 9.85. The SMILES string of the molecule is CS(=O)(=O)N1CCC(Oc2ccc(N3CCC(C4c5c(F)cccc5-c5cncn54)CC3)cc2)CC1. The van der Waals surface area contributed by atoms with Crippen LogP contribution in [0.2, 0.25) is 0 Å². The van der Waals surface area contributed by atoms with Crippen LogP contribution in [0.25, 0.3) is 11.3 Å². The number of nitrogens with zero attached hydrogens (tertiary/aromatic N) is 4. The Bertz CT molecular complexity index is 1340. The summed E-state index contributed by atoms with van der Waals surface area (Å²) in [6.45, 7) is 2.84. The van der Waals surface area contributed by atoms with Gasteiger partial charge in [-0.3, -0.25) is 0 Å². The Labute approximate surface area is 211 Å². The van der Waals surface area contributed by atoms with E-state index in [1.807, 2.05) is 30.7 Å². The van der Waals surface area contributed by atoms with Gasteiger partial charge in [-0.1, -0.05) is 12.1 Å². The van der Waals surface area contributed by atoms with Crippen molar-refractivity contribution in [1.29, 1.82) is 0 Å². The molecule has 1 atom stereocenters. The molecule has 1 aromatic heterocycles. The minimum absolute atomic E-state index is 0.00531. The number of ether oxygens (including phenoxy) is 1. The van der Waals surface area contributed by atoms with Gasteiger partial charge in [0.15, 0.2) is 0 Å². The van der Waals surface area contributed by atoms with Crippen LogP contribution in [0.3, 0.4) is 0 Å². The van der Waals surface area contributed by atoms with Gasteiger partial charge in [-0.2, -0.15) is 0 Å². The van der Waals surface area contributed by atoms with Gasteiger partial charge < -0.3 is 14.2 Å². The maximum Gasteiger partial charge on any atom is 0.211 e. The summed E-state index contributed by atoms with van der Waals surface area (Å²) in [5, 5.41) is 0. The molecule has 0 spiro atoms. The zero-order chi connectivity index (χ0) is 24.9. The third-order valence-electron chi connectivity index (χ3n) is 7.95.